The molecule has 5 aliphatic rings. The van der Waals surface area contributed by atoms with Crippen molar-refractivity contribution in [1.82, 2.24) is 0 Å². The zero-order valence-electron chi connectivity index (χ0n) is 26.5. The molecule has 0 amide bonds. The van der Waals surface area contributed by atoms with E-state index in [-0.39, 0.29) is 58.6 Å². The lowest BCUT2D eigenvalue weighted by molar-refractivity contribution is -0.237. The molecule has 41 heavy (non-hydrogen) atoms. The number of rotatable bonds is 6. The summed E-state index contributed by atoms with van der Waals surface area (Å²) in [6.07, 6.45) is 6.54. The Kier molecular flexibility index (Phi) is 7.74. The number of carbonyl (C=O) groups excluding carboxylic acids is 3. The highest BCUT2D eigenvalue weighted by atomic mass is 16.6. The Morgan fingerprint density at radius 3 is 2.39 bits per heavy atom. The number of ether oxygens (including phenoxy) is 3. The average Bonchev–Trinajstić information content (AvgIpc) is 3.18. The van der Waals surface area contributed by atoms with Gasteiger partial charge in [-0.25, -0.2) is 4.79 Å². The van der Waals surface area contributed by atoms with Crippen molar-refractivity contribution in [3.8, 4) is 0 Å². The van der Waals surface area contributed by atoms with Gasteiger partial charge in [-0.05, 0) is 99.4 Å². The maximum atomic E-state index is 13.4. The first-order valence-corrected chi connectivity index (χ1v) is 16.1. The van der Waals surface area contributed by atoms with Gasteiger partial charge >= 0.3 is 17.9 Å². The summed E-state index contributed by atoms with van der Waals surface area (Å²) in [5.41, 5.74) is 0.982. The molecule has 1 aliphatic heterocycles. The van der Waals surface area contributed by atoms with Gasteiger partial charge in [-0.2, -0.15) is 0 Å². The first-order chi connectivity index (χ1) is 19.1. The number of hydrogen-bond donors (Lipinski definition) is 1. The van der Waals surface area contributed by atoms with E-state index in [0.717, 1.165) is 56.1 Å². The van der Waals surface area contributed by atoms with Crippen LogP contribution >= 0.6 is 0 Å². The molecule has 0 aromatic heterocycles. The Morgan fingerprint density at radius 1 is 1.05 bits per heavy atom. The Morgan fingerprint density at radius 2 is 1.73 bits per heavy atom. The highest BCUT2D eigenvalue weighted by Crippen LogP contribution is 2.74. The third-order valence-electron chi connectivity index (χ3n) is 13.2. The van der Waals surface area contributed by atoms with Gasteiger partial charge in [0.05, 0.1) is 12.5 Å². The van der Waals surface area contributed by atoms with E-state index in [1.807, 2.05) is 13.8 Å². The molecule has 0 aromatic rings. The van der Waals surface area contributed by atoms with E-state index in [2.05, 4.69) is 34.6 Å². The number of carbonyl (C=O) groups is 3. The monoisotopic (exact) mass is 572 g/mol. The van der Waals surface area contributed by atoms with Crippen molar-refractivity contribution in [2.45, 2.75) is 144 Å². The second kappa shape index (κ2) is 10.4. The standard InChI is InChI=1S/C34H52O7/c1-9-22(36)17-28(37)41-27-18-26-32(6)15-10-14-31(5,20(3)40-21(4)35)24(32)13-16-33(26,7)25-12-11-23-19(2)39-30(38)29(23)34(25,27)8/h19-20,22,24-27,36H,9-18H2,1-8H3/t19-,20?,22?,24?,25+,26?,27+,31-,32+,33+,34-/m1/s1. The molecule has 3 saturated carbocycles. The minimum Gasteiger partial charge on any atom is -0.462 e. The lowest BCUT2D eigenvalue weighted by Crippen LogP contribution is -2.67. The van der Waals surface area contributed by atoms with Gasteiger partial charge in [0, 0.05) is 23.3 Å². The summed E-state index contributed by atoms with van der Waals surface area (Å²) in [6, 6.07) is 0. The molecular weight excluding hydrogens is 520 g/mol. The quantitative estimate of drug-likeness (QED) is 0.294. The van der Waals surface area contributed by atoms with E-state index in [9.17, 15) is 19.5 Å². The van der Waals surface area contributed by atoms with E-state index >= 15 is 0 Å². The van der Waals surface area contributed by atoms with Crippen LogP contribution in [0.25, 0.3) is 0 Å². The Labute approximate surface area is 246 Å². The van der Waals surface area contributed by atoms with Crippen molar-refractivity contribution >= 4 is 17.9 Å². The van der Waals surface area contributed by atoms with E-state index in [1.54, 1.807) is 0 Å². The van der Waals surface area contributed by atoms with Crippen molar-refractivity contribution in [3.63, 3.8) is 0 Å². The van der Waals surface area contributed by atoms with Crippen molar-refractivity contribution in [1.29, 1.82) is 0 Å². The number of hydrogen-bond acceptors (Lipinski definition) is 7. The van der Waals surface area contributed by atoms with Crippen LogP contribution in [-0.4, -0.2) is 47.4 Å². The number of fused-ring (bicyclic) bond motifs is 6. The molecule has 7 heteroatoms. The summed E-state index contributed by atoms with van der Waals surface area (Å²) in [5, 5.41) is 10.3. The molecule has 0 aromatic carbocycles. The molecule has 7 nitrogen and oxygen atoms in total. The number of aliphatic hydroxyl groups is 1. The topological polar surface area (TPSA) is 99.1 Å². The highest BCUT2D eigenvalue weighted by Gasteiger charge is 2.70. The predicted octanol–water partition coefficient (Wildman–Crippen LogP) is 6.30. The smallest absolute Gasteiger partial charge is 0.335 e. The van der Waals surface area contributed by atoms with Crippen LogP contribution in [0.5, 0.6) is 0 Å². The van der Waals surface area contributed by atoms with Crippen molar-refractivity contribution in [3.05, 3.63) is 11.1 Å². The summed E-state index contributed by atoms with van der Waals surface area (Å²) < 4.78 is 18.0. The molecule has 0 saturated heterocycles. The molecule has 0 spiro atoms. The minimum absolute atomic E-state index is 0.0263. The van der Waals surface area contributed by atoms with Crippen LogP contribution in [0.2, 0.25) is 0 Å². The van der Waals surface area contributed by atoms with Gasteiger partial charge in [-0.1, -0.05) is 41.0 Å². The van der Waals surface area contributed by atoms with Crippen LogP contribution < -0.4 is 0 Å². The van der Waals surface area contributed by atoms with Crippen molar-refractivity contribution in [2.75, 3.05) is 0 Å². The summed E-state index contributed by atoms with van der Waals surface area (Å²) in [7, 11) is 0. The van der Waals surface area contributed by atoms with Gasteiger partial charge in [0.1, 0.15) is 18.3 Å². The van der Waals surface area contributed by atoms with E-state index in [4.69, 9.17) is 14.2 Å². The molecule has 230 valence electrons. The predicted molar refractivity (Wildman–Crippen MR) is 154 cm³/mol. The van der Waals surface area contributed by atoms with Gasteiger partial charge in [0.2, 0.25) is 0 Å². The van der Waals surface area contributed by atoms with E-state index in [0.29, 0.717) is 18.8 Å². The SMILES string of the molecule is CCC(O)CC(=O)O[C@H]1CC2[C@@]3(C)CCC[C@](C)(C(C)OC(C)=O)C3CC[C@@]2(C)[C@@H]2CCC3=C(C(=O)O[C@@H]3C)[C@@]12C. The third kappa shape index (κ3) is 4.50. The van der Waals surface area contributed by atoms with Crippen LogP contribution in [-0.2, 0) is 28.6 Å². The molecule has 1 N–H and O–H groups in total. The molecule has 11 atom stereocenters. The van der Waals surface area contributed by atoms with Gasteiger partial charge in [0.25, 0.3) is 0 Å². The van der Waals surface area contributed by atoms with Gasteiger partial charge in [0.15, 0.2) is 0 Å². The lowest BCUT2D eigenvalue weighted by Gasteiger charge is -2.70. The number of esters is 3. The van der Waals surface area contributed by atoms with E-state index < -0.39 is 23.6 Å². The van der Waals surface area contributed by atoms with Crippen LogP contribution in [0, 0.1) is 39.4 Å². The Hall–Kier alpha value is -1.89. The second-order valence-corrected chi connectivity index (χ2v) is 15.1. The molecular formula is C34H52O7. The van der Waals surface area contributed by atoms with Crippen LogP contribution in [0.1, 0.15) is 120 Å². The van der Waals surface area contributed by atoms with Crippen LogP contribution in [0.4, 0.5) is 0 Å². The second-order valence-electron chi connectivity index (χ2n) is 15.1. The fourth-order valence-electron chi connectivity index (χ4n) is 11.1. The first-order valence-electron chi connectivity index (χ1n) is 16.1. The molecule has 3 fully saturated rings. The average molecular weight is 573 g/mol. The molecule has 0 bridgehead atoms. The lowest BCUT2D eigenvalue weighted by atomic mass is 9.34. The van der Waals surface area contributed by atoms with Crippen molar-refractivity contribution < 1.29 is 33.7 Å². The van der Waals surface area contributed by atoms with Gasteiger partial charge < -0.3 is 19.3 Å². The summed E-state index contributed by atoms with van der Waals surface area (Å²) >= 11 is 0. The van der Waals surface area contributed by atoms with Crippen LogP contribution in [0.15, 0.2) is 11.1 Å². The largest absolute Gasteiger partial charge is 0.462 e. The highest BCUT2D eigenvalue weighted by molar-refractivity contribution is 5.94. The maximum Gasteiger partial charge on any atom is 0.335 e. The summed E-state index contributed by atoms with van der Waals surface area (Å²) in [4.78, 5) is 38.7. The van der Waals surface area contributed by atoms with Crippen molar-refractivity contribution in [2.24, 2.45) is 39.4 Å². The Balaban J connectivity index is 1.58. The Bertz CT molecular complexity index is 1130. The van der Waals surface area contributed by atoms with Crippen LogP contribution in [0.3, 0.4) is 0 Å². The molecule has 4 unspecified atom stereocenters. The first kappa shape index (κ1) is 30.6. The zero-order valence-corrected chi connectivity index (χ0v) is 26.5. The number of aliphatic hydroxyl groups excluding tert-OH is 1. The fraction of sp³-hybridized carbons (Fsp3) is 0.853. The molecule has 4 aliphatic carbocycles. The molecule has 0 radical (unpaired) electrons. The third-order valence-corrected chi connectivity index (χ3v) is 13.2. The summed E-state index contributed by atoms with van der Waals surface area (Å²) in [6.45, 7) is 16.7. The minimum atomic E-state index is -0.740. The van der Waals surface area contributed by atoms with E-state index in [1.165, 1.54) is 6.92 Å². The molecule has 5 rings (SSSR count). The maximum absolute atomic E-state index is 13.4. The summed E-state index contributed by atoms with van der Waals surface area (Å²) in [5.74, 6) is -0.0665. The number of cyclic esters (lactones) is 1. The molecule has 1 heterocycles. The van der Waals surface area contributed by atoms with Gasteiger partial charge in [-0.15, -0.1) is 0 Å². The zero-order chi connectivity index (χ0) is 30.1. The van der Waals surface area contributed by atoms with Gasteiger partial charge in [-0.3, -0.25) is 9.59 Å². The fourth-order valence-corrected chi connectivity index (χ4v) is 11.1. The normalized spacial score (nSPS) is 44.9.